The number of hydrogen-bond acceptors (Lipinski definition) is 0. The van der Waals surface area contributed by atoms with E-state index in [1.807, 2.05) is 27.7 Å². The first-order valence-electron chi connectivity index (χ1n) is 23.8. The fraction of sp³-hybridized carbons (Fsp3) is 0.862. The standard InChI is InChI=1S/C14H22.C14H30.C12H24.2C7H15.2C2H6.Y/c1-13(2,3)11-9-7-8-10-12(11)14(4,5)6;1-11(2,3)13(7,8)14(9,10)12(4,5)6;1-11(2,3)9-7-8-10(9)12(4,5)6;2*1-6(2)7(3,4)5;2*1-2;/h7-10H,1-6H3;1-10H3;9-10H,7-8H2,1-6H3;2*1-5H3;2*1-2H3;/q;;;2*-1;;;. The van der Waals surface area contributed by atoms with Crippen molar-refractivity contribution in [3.8, 4) is 0 Å². The first kappa shape index (κ1) is 71.0. The van der Waals surface area contributed by atoms with Crippen LogP contribution in [-0.2, 0) is 43.5 Å². The van der Waals surface area contributed by atoms with Crippen molar-refractivity contribution >= 4 is 0 Å². The van der Waals surface area contributed by atoms with Gasteiger partial charge in [0.05, 0.1) is 0 Å². The predicted molar refractivity (Wildman–Crippen MR) is 276 cm³/mol. The Labute approximate surface area is 405 Å². The van der Waals surface area contributed by atoms with Crippen LogP contribution in [0.4, 0.5) is 0 Å². The van der Waals surface area contributed by atoms with Crippen molar-refractivity contribution in [1.29, 1.82) is 0 Å². The summed E-state index contributed by atoms with van der Waals surface area (Å²) in [7, 11) is 0. The van der Waals surface area contributed by atoms with Gasteiger partial charge in [0.2, 0.25) is 0 Å². The maximum Gasteiger partial charge on any atom is 0 e. The summed E-state index contributed by atoms with van der Waals surface area (Å²) in [4.78, 5) is 0. The zero-order valence-corrected chi connectivity index (χ0v) is 51.3. The van der Waals surface area contributed by atoms with Gasteiger partial charge in [-0.25, -0.2) is 0 Å². The van der Waals surface area contributed by atoms with E-state index >= 15 is 0 Å². The molecule has 0 saturated heterocycles. The fourth-order valence-corrected chi connectivity index (χ4v) is 6.24. The molecule has 59 heavy (non-hydrogen) atoms. The Kier molecular flexibility index (Phi) is 32.4. The van der Waals surface area contributed by atoms with E-state index in [0.717, 1.165) is 11.8 Å². The third-order valence-corrected chi connectivity index (χ3v) is 14.4. The molecule has 0 amide bonds. The van der Waals surface area contributed by atoms with Crippen LogP contribution in [0, 0.1) is 67.0 Å². The minimum absolute atomic E-state index is 0. The molecular formula is C58H118Y-2. The maximum atomic E-state index is 2.40. The minimum atomic E-state index is 0. The molecule has 355 valence electrons. The molecule has 0 N–H and O–H groups in total. The molecule has 1 radical (unpaired) electrons. The van der Waals surface area contributed by atoms with Crippen molar-refractivity contribution in [1.82, 2.24) is 0 Å². The maximum absolute atomic E-state index is 2.40. The van der Waals surface area contributed by atoms with Gasteiger partial charge in [-0.05, 0) is 79.1 Å². The van der Waals surface area contributed by atoms with Crippen LogP contribution in [0.1, 0.15) is 273 Å². The zero-order valence-electron chi connectivity index (χ0n) is 48.5. The average molecular weight is 904 g/mol. The van der Waals surface area contributed by atoms with Crippen molar-refractivity contribution in [2.24, 2.45) is 55.2 Å². The Morgan fingerprint density at radius 1 is 0.373 bits per heavy atom. The summed E-state index contributed by atoms with van der Waals surface area (Å²) in [6.45, 7) is 81.7. The number of benzene rings is 1. The first-order chi connectivity index (χ1) is 25.1. The molecule has 1 heteroatoms. The fourth-order valence-electron chi connectivity index (χ4n) is 6.24. The molecular weight excluding hydrogens is 786 g/mol. The second-order valence-electron chi connectivity index (χ2n) is 26.8. The van der Waals surface area contributed by atoms with Crippen LogP contribution in [0.15, 0.2) is 24.3 Å². The molecule has 0 bridgehead atoms. The third kappa shape index (κ3) is 26.6. The molecule has 0 nitrogen and oxygen atoms in total. The van der Waals surface area contributed by atoms with E-state index in [4.69, 9.17) is 0 Å². The van der Waals surface area contributed by atoms with E-state index in [-0.39, 0.29) is 43.5 Å². The second kappa shape index (κ2) is 27.0. The molecule has 1 saturated carbocycles. The van der Waals surface area contributed by atoms with Crippen molar-refractivity contribution in [2.75, 3.05) is 0 Å². The van der Waals surface area contributed by atoms with Gasteiger partial charge < -0.3 is 11.8 Å². The quantitative estimate of drug-likeness (QED) is 0.246. The predicted octanol–water partition coefficient (Wildman–Crippen LogP) is 20.9. The Balaban J connectivity index is -0.000000149. The molecule has 1 fully saturated rings. The number of rotatable bonds is 1. The van der Waals surface area contributed by atoms with Gasteiger partial charge in [0.25, 0.3) is 0 Å². The molecule has 1 aromatic carbocycles. The van der Waals surface area contributed by atoms with Gasteiger partial charge in [0.15, 0.2) is 0 Å². The van der Waals surface area contributed by atoms with Gasteiger partial charge in [0, 0.05) is 32.7 Å². The Morgan fingerprint density at radius 2 is 0.542 bits per heavy atom. The number of hydrogen-bond donors (Lipinski definition) is 0. The van der Waals surface area contributed by atoms with E-state index < -0.39 is 0 Å². The average Bonchev–Trinajstić information content (AvgIpc) is 2.95. The first-order valence-corrected chi connectivity index (χ1v) is 23.8. The summed E-state index contributed by atoms with van der Waals surface area (Å²) in [6, 6.07) is 8.77. The molecule has 1 aliphatic rings. The van der Waals surface area contributed by atoms with Crippen molar-refractivity contribution in [3.63, 3.8) is 0 Å². The van der Waals surface area contributed by atoms with Gasteiger partial charge in [-0.3, -0.25) is 0 Å². The zero-order chi connectivity index (χ0) is 48.7. The molecule has 0 aromatic heterocycles. The molecule has 0 spiro atoms. The van der Waals surface area contributed by atoms with Gasteiger partial charge in [0.1, 0.15) is 0 Å². The van der Waals surface area contributed by atoms with E-state index in [9.17, 15) is 0 Å². The van der Waals surface area contributed by atoms with E-state index in [0.29, 0.717) is 43.3 Å². The van der Waals surface area contributed by atoms with Crippen LogP contribution >= 0.6 is 0 Å². The largest absolute Gasteiger partial charge is 0.314 e. The van der Waals surface area contributed by atoms with Crippen LogP contribution < -0.4 is 0 Å². The SMILES string of the molecule is CC.CC.CC(C)(C)C(C)(C)C(C)(C)C(C)(C)C.CC(C)(C)C1CCC1C(C)(C)C.CC(C)(C)c1ccccc1C(C)(C)C.C[C-](C)C(C)(C)C.C[C-](C)C(C)(C)C.[Y]. The van der Waals surface area contributed by atoms with Gasteiger partial charge >= 0.3 is 0 Å². The summed E-state index contributed by atoms with van der Waals surface area (Å²) >= 11 is 0. The molecule has 0 aliphatic heterocycles. The van der Waals surface area contributed by atoms with Gasteiger partial charge in [-0.2, -0.15) is 38.5 Å². The van der Waals surface area contributed by atoms with Crippen LogP contribution in [0.5, 0.6) is 0 Å². The third-order valence-electron chi connectivity index (χ3n) is 14.4. The summed E-state index contributed by atoms with van der Waals surface area (Å²) in [6.07, 6.45) is 2.90. The smallest absolute Gasteiger partial charge is 0 e. The normalized spacial score (nSPS) is 16.5. The van der Waals surface area contributed by atoms with Crippen LogP contribution in [0.3, 0.4) is 0 Å². The molecule has 2 atom stereocenters. The van der Waals surface area contributed by atoms with Crippen LogP contribution in [-0.4, -0.2) is 0 Å². The molecule has 2 unspecified atom stereocenters. The Hall–Kier alpha value is 0.324. The molecule has 1 aromatic rings. The monoisotopic (exact) mass is 904 g/mol. The van der Waals surface area contributed by atoms with Gasteiger partial charge in [-0.15, -0.1) is 0 Å². The molecule has 0 heterocycles. The van der Waals surface area contributed by atoms with Crippen LogP contribution in [0.25, 0.3) is 0 Å². The van der Waals surface area contributed by atoms with E-state index in [1.165, 1.54) is 35.8 Å². The summed E-state index contributed by atoms with van der Waals surface area (Å²) < 4.78 is 0. The Bertz CT molecular complexity index is 1070. The van der Waals surface area contributed by atoms with Crippen LogP contribution in [0.2, 0.25) is 0 Å². The van der Waals surface area contributed by atoms with E-state index in [2.05, 4.69) is 246 Å². The minimum Gasteiger partial charge on any atom is -0.314 e. The summed E-state index contributed by atoms with van der Waals surface area (Å²) in [5.41, 5.74) is 6.60. The van der Waals surface area contributed by atoms with Crippen molar-refractivity contribution in [3.05, 3.63) is 47.2 Å². The Morgan fingerprint density at radius 3 is 0.627 bits per heavy atom. The summed E-state index contributed by atoms with van der Waals surface area (Å²) in [5.74, 6) is 4.90. The second-order valence-corrected chi connectivity index (χ2v) is 26.8. The van der Waals surface area contributed by atoms with Crippen molar-refractivity contribution < 1.29 is 32.7 Å². The van der Waals surface area contributed by atoms with Crippen molar-refractivity contribution in [2.45, 2.75) is 273 Å². The summed E-state index contributed by atoms with van der Waals surface area (Å²) in [5, 5.41) is 0. The van der Waals surface area contributed by atoms with Gasteiger partial charge in [-0.1, -0.05) is 246 Å². The molecule has 1 aliphatic carbocycles. The van der Waals surface area contributed by atoms with E-state index in [1.54, 1.807) is 0 Å². The molecule has 2 rings (SSSR count). The topological polar surface area (TPSA) is 0 Å².